The van der Waals surface area contributed by atoms with Gasteiger partial charge in [-0.3, -0.25) is 4.40 Å². The molecule has 1 N–H and O–H groups in total. The zero-order chi connectivity index (χ0) is 13.6. The van der Waals surface area contributed by atoms with Crippen LogP contribution in [0.1, 0.15) is 5.82 Å². The normalized spacial score (nSPS) is 11.1. The van der Waals surface area contributed by atoms with Crippen LogP contribution in [0.2, 0.25) is 5.02 Å². The third-order valence-corrected chi connectivity index (χ3v) is 3.09. The first-order valence-corrected chi connectivity index (χ1v) is 5.80. The van der Waals surface area contributed by atoms with Gasteiger partial charge in [0.15, 0.2) is 0 Å². The van der Waals surface area contributed by atoms with Gasteiger partial charge in [-0.1, -0.05) is 11.6 Å². The molecule has 1 aromatic carbocycles. The first kappa shape index (κ1) is 11.9. The lowest BCUT2D eigenvalue weighted by Crippen LogP contribution is -1.94. The summed E-state index contributed by atoms with van der Waals surface area (Å²) in [5.41, 5.74) is 0.778. The fourth-order valence-electron chi connectivity index (χ4n) is 1.79. The highest BCUT2D eigenvalue weighted by Crippen LogP contribution is 2.31. The Labute approximate surface area is 112 Å². The zero-order valence-electron chi connectivity index (χ0n) is 9.80. The van der Waals surface area contributed by atoms with Crippen molar-refractivity contribution in [1.82, 2.24) is 19.6 Å². The molecule has 3 aromatic rings. The number of phenolic OH excluding ortho intramolecular Hbond substituents is 1. The summed E-state index contributed by atoms with van der Waals surface area (Å²) in [7, 11) is 0. The quantitative estimate of drug-likeness (QED) is 0.743. The van der Waals surface area contributed by atoms with Crippen LogP contribution in [0.4, 0.5) is 4.39 Å². The smallest absolute Gasteiger partial charge is 0.254 e. The Morgan fingerprint density at radius 1 is 1.32 bits per heavy atom. The van der Waals surface area contributed by atoms with Crippen molar-refractivity contribution >= 4 is 17.4 Å². The first-order chi connectivity index (χ1) is 9.06. The second-order valence-electron chi connectivity index (χ2n) is 4.04. The van der Waals surface area contributed by atoms with Gasteiger partial charge >= 0.3 is 0 Å². The molecule has 0 aliphatic rings. The molecule has 0 atom stereocenters. The Balaban J connectivity index is 2.24. The van der Waals surface area contributed by atoms with Crippen LogP contribution in [-0.2, 0) is 0 Å². The summed E-state index contributed by atoms with van der Waals surface area (Å²) in [6.07, 6.45) is 3.15. The van der Waals surface area contributed by atoms with Gasteiger partial charge in [0.25, 0.3) is 5.78 Å². The maximum absolute atomic E-state index is 13.9. The van der Waals surface area contributed by atoms with Crippen LogP contribution in [-0.4, -0.2) is 24.7 Å². The van der Waals surface area contributed by atoms with Crippen LogP contribution >= 0.6 is 11.6 Å². The molecule has 7 heteroatoms. The van der Waals surface area contributed by atoms with E-state index in [1.54, 1.807) is 17.5 Å². The van der Waals surface area contributed by atoms with Crippen molar-refractivity contribution in [3.63, 3.8) is 0 Å². The average Bonchev–Trinajstić information content (AvgIpc) is 2.75. The second-order valence-corrected chi connectivity index (χ2v) is 4.45. The third-order valence-electron chi connectivity index (χ3n) is 2.78. The van der Waals surface area contributed by atoms with Gasteiger partial charge in [-0.25, -0.2) is 9.37 Å². The molecule has 96 valence electrons. The van der Waals surface area contributed by atoms with E-state index in [1.807, 2.05) is 0 Å². The SMILES string of the molecule is Cc1nnc2ncc(-c3cc(Cl)c(O)cc3F)cn12. The molecule has 0 saturated carbocycles. The molecule has 0 amide bonds. The summed E-state index contributed by atoms with van der Waals surface area (Å²) < 4.78 is 15.5. The molecule has 0 radical (unpaired) electrons. The molecule has 2 aromatic heterocycles. The molecule has 2 heterocycles. The fourth-order valence-corrected chi connectivity index (χ4v) is 1.96. The highest BCUT2D eigenvalue weighted by Gasteiger charge is 2.12. The molecule has 0 fully saturated rings. The van der Waals surface area contributed by atoms with Gasteiger partial charge < -0.3 is 5.11 Å². The monoisotopic (exact) mass is 278 g/mol. The molecule has 0 aliphatic heterocycles. The van der Waals surface area contributed by atoms with E-state index in [1.165, 1.54) is 12.3 Å². The van der Waals surface area contributed by atoms with Crippen molar-refractivity contribution in [2.24, 2.45) is 0 Å². The average molecular weight is 279 g/mol. The molecule has 3 rings (SSSR count). The van der Waals surface area contributed by atoms with Gasteiger partial charge in [-0.15, -0.1) is 10.2 Å². The van der Waals surface area contributed by atoms with Gasteiger partial charge in [0.1, 0.15) is 17.4 Å². The summed E-state index contributed by atoms with van der Waals surface area (Å²) in [5.74, 6) is 0.215. The summed E-state index contributed by atoms with van der Waals surface area (Å²) in [6, 6.07) is 2.33. The fraction of sp³-hybridized carbons (Fsp3) is 0.0833. The number of halogens is 2. The van der Waals surface area contributed by atoms with Crippen LogP contribution in [0.25, 0.3) is 16.9 Å². The minimum atomic E-state index is -0.575. The van der Waals surface area contributed by atoms with Crippen molar-refractivity contribution in [2.45, 2.75) is 6.92 Å². The topological polar surface area (TPSA) is 63.3 Å². The molecule has 19 heavy (non-hydrogen) atoms. The number of aromatic hydroxyl groups is 1. The minimum absolute atomic E-state index is 0.0805. The molecular formula is C12H8ClFN4O. The maximum Gasteiger partial charge on any atom is 0.254 e. The molecule has 0 spiro atoms. The molecule has 0 unspecified atom stereocenters. The van der Waals surface area contributed by atoms with E-state index in [9.17, 15) is 9.50 Å². The predicted molar refractivity (Wildman–Crippen MR) is 67.6 cm³/mol. The number of aromatic nitrogens is 4. The summed E-state index contributed by atoms with van der Waals surface area (Å²) >= 11 is 5.80. The van der Waals surface area contributed by atoms with Crippen LogP contribution in [0.3, 0.4) is 0 Å². The van der Waals surface area contributed by atoms with Crippen LogP contribution in [0.15, 0.2) is 24.5 Å². The van der Waals surface area contributed by atoms with Gasteiger partial charge in [0, 0.05) is 29.6 Å². The number of benzene rings is 1. The largest absolute Gasteiger partial charge is 0.506 e. The summed E-state index contributed by atoms with van der Waals surface area (Å²) in [4.78, 5) is 4.09. The third kappa shape index (κ3) is 1.90. The van der Waals surface area contributed by atoms with Crippen LogP contribution < -0.4 is 0 Å². The maximum atomic E-state index is 13.9. The Morgan fingerprint density at radius 2 is 2.11 bits per heavy atom. The number of rotatable bonds is 1. The lowest BCUT2D eigenvalue weighted by atomic mass is 10.1. The number of hydrogen-bond donors (Lipinski definition) is 1. The van der Waals surface area contributed by atoms with E-state index in [2.05, 4.69) is 15.2 Å². The highest BCUT2D eigenvalue weighted by atomic mass is 35.5. The van der Waals surface area contributed by atoms with Gasteiger partial charge in [-0.2, -0.15) is 0 Å². The Bertz CT molecular complexity index is 787. The second kappa shape index (κ2) is 4.17. The van der Waals surface area contributed by atoms with Crippen molar-refractivity contribution in [3.8, 4) is 16.9 Å². The number of hydrogen-bond acceptors (Lipinski definition) is 4. The number of aryl methyl sites for hydroxylation is 1. The lowest BCUT2D eigenvalue weighted by Gasteiger charge is -2.06. The van der Waals surface area contributed by atoms with Crippen molar-refractivity contribution in [2.75, 3.05) is 0 Å². The van der Waals surface area contributed by atoms with Crippen LogP contribution in [0.5, 0.6) is 5.75 Å². The Hall–Kier alpha value is -2.21. The first-order valence-electron chi connectivity index (χ1n) is 5.42. The number of phenols is 1. The molecule has 0 aliphatic carbocycles. The number of fused-ring (bicyclic) bond motifs is 1. The van der Waals surface area contributed by atoms with E-state index in [0.29, 0.717) is 17.2 Å². The Kier molecular flexibility index (Phi) is 2.60. The summed E-state index contributed by atoms with van der Waals surface area (Å²) in [6.45, 7) is 1.77. The van der Waals surface area contributed by atoms with Crippen LogP contribution in [0, 0.1) is 12.7 Å². The van der Waals surface area contributed by atoms with E-state index < -0.39 is 5.82 Å². The summed E-state index contributed by atoms with van der Waals surface area (Å²) in [5, 5.41) is 17.1. The number of nitrogens with zero attached hydrogens (tertiary/aromatic N) is 4. The van der Waals surface area contributed by atoms with E-state index >= 15 is 0 Å². The van der Waals surface area contributed by atoms with E-state index in [-0.39, 0.29) is 16.3 Å². The molecule has 5 nitrogen and oxygen atoms in total. The zero-order valence-corrected chi connectivity index (χ0v) is 10.6. The van der Waals surface area contributed by atoms with Gasteiger partial charge in [0.2, 0.25) is 0 Å². The van der Waals surface area contributed by atoms with Gasteiger partial charge in [-0.05, 0) is 13.0 Å². The molecule has 0 bridgehead atoms. The van der Waals surface area contributed by atoms with Crippen molar-refractivity contribution < 1.29 is 9.50 Å². The standard InChI is InChI=1S/C12H8ClFN4O/c1-6-16-17-12-15-4-7(5-18(6)12)8-2-9(13)11(19)3-10(8)14/h2-5,19H,1H3. The molecular weight excluding hydrogens is 271 g/mol. The highest BCUT2D eigenvalue weighted by molar-refractivity contribution is 6.32. The minimum Gasteiger partial charge on any atom is -0.506 e. The van der Waals surface area contributed by atoms with E-state index in [0.717, 1.165) is 6.07 Å². The lowest BCUT2D eigenvalue weighted by molar-refractivity contribution is 0.469. The van der Waals surface area contributed by atoms with E-state index in [4.69, 9.17) is 11.6 Å². The predicted octanol–water partition coefficient (Wildman–Crippen LogP) is 2.60. The Morgan fingerprint density at radius 3 is 2.89 bits per heavy atom. The van der Waals surface area contributed by atoms with Gasteiger partial charge in [0.05, 0.1) is 5.02 Å². The van der Waals surface area contributed by atoms with Crippen molar-refractivity contribution in [3.05, 3.63) is 41.2 Å². The van der Waals surface area contributed by atoms with Crippen molar-refractivity contribution in [1.29, 1.82) is 0 Å². The molecule has 0 saturated heterocycles.